The molecular weight excluding hydrogens is 442 g/mol. The first-order valence-electron chi connectivity index (χ1n) is 10.3. The Hall–Kier alpha value is -3.76. The zero-order valence-corrected chi connectivity index (χ0v) is 18.3. The molecule has 2 aliphatic rings. The second-order valence-corrected chi connectivity index (χ2v) is 8.44. The van der Waals surface area contributed by atoms with Gasteiger partial charge in [-0.15, -0.1) is 0 Å². The molecule has 0 bridgehead atoms. The van der Waals surface area contributed by atoms with Crippen molar-refractivity contribution >= 4 is 34.6 Å². The van der Waals surface area contributed by atoms with E-state index in [2.05, 4.69) is 9.89 Å². The van der Waals surface area contributed by atoms with Gasteiger partial charge < -0.3 is 9.64 Å². The first kappa shape index (κ1) is 21.1. The van der Waals surface area contributed by atoms with Crippen molar-refractivity contribution in [3.05, 3.63) is 81.4 Å². The molecule has 33 heavy (non-hydrogen) atoms. The van der Waals surface area contributed by atoms with Crippen LogP contribution >= 0.6 is 11.8 Å². The number of ether oxygens (including phenoxy) is 1. The lowest BCUT2D eigenvalue weighted by atomic mass is 10.1. The maximum Gasteiger partial charge on any atom is 0.286 e. The van der Waals surface area contributed by atoms with Crippen molar-refractivity contribution in [2.45, 2.75) is 0 Å². The highest BCUT2D eigenvalue weighted by Crippen LogP contribution is 2.33. The van der Waals surface area contributed by atoms with Crippen molar-refractivity contribution in [1.29, 1.82) is 0 Å². The fourth-order valence-corrected chi connectivity index (χ4v) is 4.56. The van der Waals surface area contributed by atoms with Crippen LogP contribution in [-0.2, 0) is 9.53 Å². The van der Waals surface area contributed by atoms with Crippen LogP contribution in [0.2, 0.25) is 0 Å². The molecule has 166 valence electrons. The van der Waals surface area contributed by atoms with Gasteiger partial charge in [0.2, 0.25) is 0 Å². The molecule has 3 heterocycles. The van der Waals surface area contributed by atoms with Gasteiger partial charge in [0.05, 0.1) is 34.4 Å². The average Bonchev–Trinajstić information content (AvgIpc) is 3.44. The predicted molar refractivity (Wildman–Crippen MR) is 126 cm³/mol. The van der Waals surface area contributed by atoms with E-state index in [4.69, 9.17) is 9.84 Å². The van der Waals surface area contributed by atoms with E-state index in [0.717, 1.165) is 11.3 Å². The Kier molecular flexibility index (Phi) is 5.76. The van der Waals surface area contributed by atoms with Gasteiger partial charge in [0.1, 0.15) is 0 Å². The van der Waals surface area contributed by atoms with Crippen molar-refractivity contribution in [2.24, 2.45) is 4.99 Å². The molecule has 0 unspecified atom stereocenters. The van der Waals surface area contributed by atoms with Gasteiger partial charge in [-0.2, -0.15) is 10.1 Å². The fourth-order valence-electron chi connectivity index (χ4n) is 3.60. The van der Waals surface area contributed by atoms with Gasteiger partial charge in [0.25, 0.3) is 11.6 Å². The van der Waals surface area contributed by atoms with E-state index < -0.39 is 4.92 Å². The second kappa shape index (κ2) is 9.00. The molecule has 1 fully saturated rings. The highest BCUT2D eigenvalue weighted by molar-refractivity contribution is 8.18. The normalized spacial score (nSPS) is 17.5. The first-order chi connectivity index (χ1) is 16.1. The van der Waals surface area contributed by atoms with Crippen molar-refractivity contribution < 1.29 is 14.5 Å². The molecule has 1 saturated heterocycles. The van der Waals surface area contributed by atoms with Crippen molar-refractivity contribution in [2.75, 3.05) is 26.3 Å². The summed E-state index contributed by atoms with van der Waals surface area (Å²) in [5.41, 5.74) is 2.93. The number of hydrogen-bond donors (Lipinski definition) is 0. The van der Waals surface area contributed by atoms with Crippen LogP contribution in [-0.4, -0.2) is 57.0 Å². The minimum absolute atomic E-state index is 0.00576. The summed E-state index contributed by atoms with van der Waals surface area (Å²) in [5, 5.41) is 16.4. The molecule has 1 aromatic heterocycles. The third-order valence-corrected chi connectivity index (χ3v) is 6.34. The van der Waals surface area contributed by atoms with E-state index in [1.165, 1.54) is 23.9 Å². The Balaban J connectivity index is 1.51. The number of para-hydroxylation sites is 1. The number of non-ortho nitro benzene ring substituents is 1. The number of hydrogen-bond acceptors (Lipinski definition) is 7. The number of aliphatic imine (C=N–C) groups is 1. The molecule has 2 aromatic carbocycles. The highest BCUT2D eigenvalue weighted by Gasteiger charge is 2.28. The summed E-state index contributed by atoms with van der Waals surface area (Å²) in [6.45, 7) is 2.63. The van der Waals surface area contributed by atoms with Gasteiger partial charge in [0, 0.05) is 42.5 Å². The Labute approximate surface area is 193 Å². The largest absolute Gasteiger partial charge is 0.378 e. The van der Waals surface area contributed by atoms with E-state index in [0.29, 0.717) is 47.6 Å². The lowest BCUT2D eigenvalue weighted by Crippen LogP contribution is -2.38. The molecule has 2 aliphatic heterocycles. The Morgan fingerprint density at radius 2 is 1.79 bits per heavy atom. The molecule has 10 heteroatoms. The van der Waals surface area contributed by atoms with Gasteiger partial charge in [-0.1, -0.05) is 18.2 Å². The van der Waals surface area contributed by atoms with Crippen LogP contribution in [0.1, 0.15) is 5.56 Å². The van der Waals surface area contributed by atoms with Crippen LogP contribution in [0.4, 0.5) is 5.69 Å². The summed E-state index contributed by atoms with van der Waals surface area (Å²) in [6.07, 6.45) is 3.63. The highest BCUT2D eigenvalue weighted by atomic mass is 32.2. The molecule has 3 aromatic rings. The van der Waals surface area contributed by atoms with E-state index in [1.54, 1.807) is 22.9 Å². The molecule has 0 radical (unpaired) electrons. The predicted octanol–water partition coefficient (Wildman–Crippen LogP) is 3.75. The van der Waals surface area contributed by atoms with E-state index in [1.807, 2.05) is 36.5 Å². The Morgan fingerprint density at radius 1 is 1.06 bits per heavy atom. The maximum atomic E-state index is 12.6. The summed E-state index contributed by atoms with van der Waals surface area (Å²) >= 11 is 1.34. The topological polar surface area (TPSA) is 103 Å². The van der Waals surface area contributed by atoms with Gasteiger partial charge in [-0.05, 0) is 42.1 Å². The molecule has 0 aliphatic carbocycles. The molecule has 9 nitrogen and oxygen atoms in total. The number of carbonyl (C=O) groups excluding carboxylic acids is 1. The average molecular weight is 462 g/mol. The summed E-state index contributed by atoms with van der Waals surface area (Å²) < 4.78 is 7.12. The summed E-state index contributed by atoms with van der Waals surface area (Å²) in [4.78, 5) is 30.0. The van der Waals surface area contributed by atoms with Gasteiger partial charge >= 0.3 is 0 Å². The molecule has 0 spiro atoms. The smallest absolute Gasteiger partial charge is 0.286 e. The number of nitrogens with zero attached hydrogens (tertiary/aromatic N) is 5. The van der Waals surface area contributed by atoms with Crippen LogP contribution in [0.3, 0.4) is 0 Å². The number of amides is 1. The first-order valence-corrected chi connectivity index (χ1v) is 11.2. The Bertz CT molecular complexity index is 1260. The number of rotatable bonds is 4. The number of amidine groups is 1. The number of benzene rings is 2. The number of nitro benzene ring substituents is 1. The van der Waals surface area contributed by atoms with Crippen LogP contribution in [0.25, 0.3) is 23.0 Å². The second-order valence-electron chi connectivity index (χ2n) is 7.43. The van der Waals surface area contributed by atoms with Crippen LogP contribution < -0.4 is 0 Å². The zero-order chi connectivity index (χ0) is 22.8. The number of morpholine rings is 1. The number of thioether (sulfide) groups is 1. The molecule has 0 atom stereocenters. The van der Waals surface area contributed by atoms with Gasteiger partial charge in [0.15, 0.2) is 5.17 Å². The third-order valence-electron chi connectivity index (χ3n) is 5.29. The molecule has 1 amide bonds. The van der Waals surface area contributed by atoms with Crippen LogP contribution in [0, 0.1) is 10.1 Å². The van der Waals surface area contributed by atoms with Gasteiger partial charge in [-0.25, -0.2) is 4.68 Å². The van der Waals surface area contributed by atoms with E-state index >= 15 is 0 Å². The summed E-state index contributed by atoms with van der Waals surface area (Å²) in [5.74, 6) is -0.288. The molecule has 0 N–H and O–H groups in total. The third kappa shape index (κ3) is 4.43. The minimum Gasteiger partial charge on any atom is -0.378 e. The van der Waals surface area contributed by atoms with Crippen molar-refractivity contribution in [3.63, 3.8) is 0 Å². The van der Waals surface area contributed by atoms with Crippen LogP contribution in [0.5, 0.6) is 0 Å². The monoisotopic (exact) mass is 461 g/mol. The van der Waals surface area contributed by atoms with E-state index in [-0.39, 0.29) is 11.6 Å². The summed E-state index contributed by atoms with van der Waals surface area (Å²) in [6, 6.07) is 15.8. The number of carbonyl (C=O) groups is 1. The SMILES string of the molecule is O=C1N=C(N2CCOCC2)SC1=Cc1cn(-c2ccccc2)nc1-c1ccc([N+](=O)[O-])cc1. The number of nitro groups is 1. The van der Waals surface area contributed by atoms with Crippen molar-refractivity contribution in [3.8, 4) is 16.9 Å². The van der Waals surface area contributed by atoms with Gasteiger partial charge in [-0.3, -0.25) is 14.9 Å². The standard InChI is InChI=1S/C23H19N5O4S/c29-22-20(33-23(24-22)26-10-12-32-13-11-26)14-17-15-27(18-4-2-1-3-5-18)25-21(17)16-6-8-19(9-7-16)28(30)31/h1-9,14-15H,10-13H2. The lowest BCUT2D eigenvalue weighted by molar-refractivity contribution is -0.384. The zero-order valence-electron chi connectivity index (χ0n) is 17.5. The lowest BCUT2D eigenvalue weighted by Gasteiger charge is -2.27. The van der Waals surface area contributed by atoms with Crippen molar-refractivity contribution in [1.82, 2.24) is 14.7 Å². The maximum absolute atomic E-state index is 12.6. The van der Waals surface area contributed by atoms with Crippen LogP contribution in [0.15, 0.2) is 70.7 Å². The number of aromatic nitrogens is 2. The molecule has 0 saturated carbocycles. The summed E-state index contributed by atoms with van der Waals surface area (Å²) in [7, 11) is 0. The minimum atomic E-state index is -0.437. The van der Waals surface area contributed by atoms with E-state index in [9.17, 15) is 14.9 Å². The fraction of sp³-hybridized carbons (Fsp3) is 0.174. The molecule has 5 rings (SSSR count). The Morgan fingerprint density at radius 3 is 2.48 bits per heavy atom. The quantitative estimate of drug-likeness (QED) is 0.331. The molecular formula is C23H19N5O4S.